The van der Waals surface area contributed by atoms with Crippen molar-refractivity contribution in [1.82, 2.24) is 4.81 Å². The Morgan fingerprint density at radius 1 is 1.33 bits per heavy atom. The van der Waals surface area contributed by atoms with Crippen LogP contribution in [0.25, 0.3) is 0 Å². The summed E-state index contributed by atoms with van der Waals surface area (Å²) in [5.74, 6) is 1.35. The number of nitrogens with one attached hydrogen (secondary N) is 1. The molecular weight excluding hydrogens is 219 g/mol. The summed E-state index contributed by atoms with van der Waals surface area (Å²) in [5, 5.41) is 3.76. The quantitative estimate of drug-likeness (QED) is 0.702. The monoisotopic (exact) mass is 242 g/mol. The lowest BCUT2D eigenvalue weighted by Crippen LogP contribution is -2.43. The summed E-state index contributed by atoms with van der Waals surface area (Å²) in [6.07, 6.45) is 1.24. The van der Waals surface area contributed by atoms with Gasteiger partial charge in [-0.25, -0.2) is 0 Å². The lowest BCUT2D eigenvalue weighted by molar-refractivity contribution is 0.221. The minimum Gasteiger partial charge on any atom is -0.381 e. The van der Waals surface area contributed by atoms with Crippen molar-refractivity contribution in [1.29, 1.82) is 0 Å². The van der Waals surface area contributed by atoms with Crippen LogP contribution in [-0.2, 0) is 0 Å². The van der Waals surface area contributed by atoms with E-state index in [4.69, 9.17) is 0 Å². The van der Waals surface area contributed by atoms with Crippen LogP contribution in [0.4, 0.5) is 5.69 Å². The van der Waals surface area contributed by atoms with E-state index in [0.29, 0.717) is 17.9 Å². The number of benzene rings is 1. The second kappa shape index (κ2) is 4.02. The Morgan fingerprint density at radius 2 is 2.06 bits per heavy atom. The molecule has 1 fully saturated rings. The van der Waals surface area contributed by atoms with Crippen LogP contribution in [0.3, 0.4) is 0 Å². The van der Waals surface area contributed by atoms with Crippen LogP contribution in [0.15, 0.2) is 24.3 Å². The van der Waals surface area contributed by atoms with Crippen molar-refractivity contribution in [2.45, 2.75) is 44.7 Å². The molecule has 0 bridgehead atoms. The predicted molar refractivity (Wildman–Crippen MR) is 79.7 cm³/mol. The molecule has 1 saturated heterocycles. The fraction of sp³-hybridized carbons (Fsp3) is 0.600. The van der Waals surface area contributed by atoms with E-state index >= 15 is 0 Å². The van der Waals surface area contributed by atoms with Crippen LogP contribution >= 0.6 is 0 Å². The van der Waals surface area contributed by atoms with E-state index in [2.05, 4.69) is 63.1 Å². The van der Waals surface area contributed by atoms with Crippen LogP contribution < -0.4 is 5.32 Å². The van der Waals surface area contributed by atoms with Gasteiger partial charge in [-0.15, -0.1) is 0 Å². The molecule has 3 rings (SSSR count). The van der Waals surface area contributed by atoms with Gasteiger partial charge < -0.3 is 10.1 Å². The average molecular weight is 242 g/mol. The minimum atomic E-state index is 0.285. The summed E-state index contributed by atoms with van der Waals surface area (Å²) in [7, 11) is 2.27. The van der Waals surface area contributed by atoms with Crippen molar-refractivity contribution in [2.75, 3.05) is 11.9 Å². The van der Waals surface area contributed by atoms with E-state index in [1.165, 1.54) is 24.2 Å². The molecular formula is C15H23BN2. The summed E-state index contributed by atoms with van der Waals surface area (Å²) in [6, 6.07) is 9.45. The van der Waals surface area contributed by atoms with E-state index in [9.17, 15) is 0 Å². The molecule has 2 aliphatic rings. The molecule has 2 heterocycles. The number of hydrogen-bond donors (Lipinski definition) is 1. The molecule has 2 nitrogen and oxygen atoms in total. The highest BCUT2D eigenvalue weighted by Gasteiger charge is 2.43. The van der Waals surface area contributed by atoms with Gasteiger partial charge in [0.2, 0.25) is 0 Å². The van der Waals surface area contributed by atoms with Crippen molar-refractivity contribution in [2.24, 2.45) is 5.92 Å². The third kappa shape index (κ3) is 1.76. The van der Waals surface area contributed by atoms with Gasteiger partial charge in [-0.3, -0.25) is 0 Å². The molecule has 2 aliphatic heterocycles. The van der Waals surface area contributed by atoms with Gasteiger partial charge in [0.1, 0.15) is 0 Å². The number of fused-ring (bicyclic) bond motifs is 3. The smallest absolute Gasteiger partial charge is 0.186 e. The fourth-order valence-corrected chi connectivity index (χ4v) is 3.69. The Kier molecular flexibility index (Phi) is 2.70. The van der Waals surface area contributed by atoms with Crippen molar-refractivity contribution >= 4 is 13.7 Å². The fourth-order valence-electron chi connectivity index (χ4n) is 3.69. The summed E-state index contributed by atoms with van der Waals surface area (Å²) < 4.78 is 0. The number of nitrogens with zero attached hydrogens (tertiary/aromatic N) is 1. The standard InChI is InChI=1S/C15H23BN2/c1-10-9-18(16)15(2,3)8-12-11-6-4-5-7-13(11)17-14(10)12/h4-7,10,12,14,17H,8-9,16H2,1-3H3/t10?,12-,14-/m0/s1. The van der Waals surface area contributed by atoms with Crippen LogP contribution in [0, 0.1) is 5.92 Å². The van der Waals surface area contributed by atoms with Gasteiger partial charge in [0.25, 0.3) is 0 Å². The maximum Gasteiger partial charge on any atom is 0.186 e. The minimum absolute atomic E-state index is 0.285. The first-order valence-corrected chi connectivity index (χ1v) is 7.06. The molecule has 0 spiro atoms. The number of para-hydroxylation sites is 1. The molecule has 0 aliphatic carbocycles. The van der Waals surface area contributed by atoms with Crippen molar-refractivity contribution in [3.8, 4) is 0 Å². The Labute approximate surface area is 111 Å². The van der Waals surface area contributed by atoms with Crippen molar-refractivity contribution < 1.29 is 0 Å². The molecule has 1 aromatic carbocycles. The molecule has 18 heavy (non-hydrogen) atoms. The molecule has 1 unspecified atom stereocenters. The molecule has 0 aromatic heterocycles. The molecule has 0 amide bonds. The second-order valence-corrected chi connectivity index (χ2v) is 6.74. The SMILES string of the molecule is BN1CC(C)[C@@H]2Nc3ccccc3[C@@H]2CC1(C)C. The Morgan fingerprint density at radius 3 is 2.83 bits per heavy atom. The molecule has 96 valence electrons. The second-order valence-electron chi connectivity index (χ2n) is 6.74. The van der Waals surface area contributed by atoms with Gasteiger partial charge in [-0.1, -0.05) is 25.1 Å². The summed E-state index contributed by atoms with van der Waals surface area (Å²) in [6.45, 7) is 8.32. The average Bonchev–Trinajstić information content (AvgIpc) is 2.64. The zero-order chi connectivity index (χ0) is 12.9. The molecule has 1 aromatic rings. The summed E-state index contributed by atoms with van der Waals surface area (Å²) >= 11 is 0. The van der Waals surface area contributed by atoms with Crippen LogP contribution in [-0.4, -0.2) is 30.9 Å². The Hall–Kier alpha value is -0.955. The third-order valence-corrected chi connectivity index (χ3v) is 5.04. The van der Waals surface area contributed by atoms with Crippen LogP contribution in [0.1, 0.15) is 38.7 Å². The normalized spacial score (nSPS) is 34.3. The predicted octanol–water partition coefficient (Wildman–Crippen LogP) is 2.23. The molecule has 1 N–H and O–H groups in total. The van der Waals surface area contributed by atoms with Gasteiger partial charge in [-0.05, 0) is 44.4 Å². The zero-order valence-corrected chi connectivity index (χ0v) is 11.9. The van der Waals surface area contributed by atoms with Crippen LogP contribution in [0.5, 0.6) is 0 Å². The molecule has 3 atom stereocenters. The van der Waals surface area contributed by atoms with Gasteiger partial charge >= 0.3 is 0 Å². The molecule has 0 saturated carbocycles. The van der Waals surface area contributed by atoms with Crippen molar-refractivity contribution in [3.63, 3.8) is 0 Å². The molecule has 0 radical (unpaired) electrons. The Bertz CT molecular complexity index is 458. The zero-order valence-electron chi connectivity index (χ0n) is 11.9. The summed E-state index contributed by atoms with van der Waals surface area (Å²) in [5.41, 5.74) is 3.17. The molecule has 3 heteroatoms. The van der Waals surface area contributed by atoms with E-state index in [-0.39, 0.29) is 5.54 Å². The lowest BCUT2D eigenvalue weighted by Gasteiger charge is -2.36. The van der Waals surface area contributed by atoms with Crippen molar-refractivity contribution in [3.05, 3.63) is 29.8 Å². The first kappa shape index (κ1) is 12.1. The van der Waals surface area contributed by atoms with E-state index < -0.39 is 0 Å². The van der Waals surface area contributed by atoms with Gasteiger partial charge in [-0.2, -0.15) is 0 Å². The number of rotatable bonds is 0. The first-order valence-electron chi connectivity index (χ1n) is 7.06. The van der Waals surface area contributed by atoms with Gasteiger partial charge in [0.15, 0.2) is 7.98 Å². The van der Waals surface area contributed by atoms with E-state index in [0.717, 1.165) is 0 Å². The maximum absolute atomic E-state index is 3.76. The largest absolute Gasteiger partial charge is 0.381 e. The highest BCUT2D eigenvalue weighted by Crippen LogP contribution is 2.45. The van der Waals surface area contributed by atoms with Crippen LogP contribution in [0.2, 0.25) is 0 Å². The summed E-state index contributed by atoms with van der Waals surface area (Å²) in [4.78, 5) is 2.53. The lowest BCUT2D eigenvalue weighted by atomic mass is 9.81. The highest BCUT2D eigenvalue weighted by atomic mass is 15.1. The van der Waals surface area contributed by atoms with Gasteiger partial charge in [0.05, 0.1) is 0 Å². The Balaban J connectivity index is 2.01. The topological polar surface area (TPSA) is 15.3 Å². The van der Waals surface area contributed by atoms with E-state index in [1.807, 2.05) is 0 Å². The van der Waals surface area contributed by atoms with E-state index in [1.54, 1.807) is 0 Å². The first-order chi connectivity index (χ1) is 8.49. The number of anilines is 1. The third-order valence-electron chi connectivity index (χ3n) is 5.04. The highest BCUT2D eigenvalue weighted by molar-refractivity contribution is 6.05. The number of hydrogen-bond acceptors (Lipinski definition) is 2. The maximum atomic E-state index is 3.76. The van der Waals surface area contributed by atoms with Gasteiger partial charge in [0, 0.05) is 23.2 Å².